The number of carbonyl (C=O) groups excluding carboxylic acids is 2. The van der Waals surface area contributed by atoms with Crippen molar-refractivity contribution in [3.63, 3.8) is 0 Å². The summed E-state index contributed by atoms with van der Waals surface area (Å²) in [5.41, 5.74) is 0.850. The van der Waals surface area contributed by atoms with Gasteiger partial charge in [-0.1, -0.05) is 30.3 Å². The molecule has 2 heterocycles. The second-order valence-electron chi connectivity index (χ2n) is 6.54. The van der Waals surface area contributed by atoms with Crippen molar-refractivity contribution >= 4 is 11.8 Å². The monoisotopic (exact) mass is 371 g/mol. The Hall–Kier alpha value is -2.81. The van der Waals surface area contributed by atoms with Gasteiger partial charge in [-0.25, -0.2) is 4.68 Å². The molecule has 1 aliphatic heterocycles. The molecule has 144 valence electrons. The highest BCUT2D eigenvalue weighted by Gasteiger charge is 2.32. The van der Waals surface area contributed by atoms with Gasteiger partial charge in [0, 0.05) is 32.7 Å². The lowest BCUT2D eigenvalue weighted by Gasteiger charge is -2.36. The molecule has 0 spiro atoms. The SMILES string of the molecule is CCNC(=O)CN1CCN(C(=O)C(c2ccccc2)n2nnnc2C)CC1. The summed E-state index contributed by atoms with van der Waals surface area (Å²) >= 11 is 0. The number of likely N-dealkylation sites (N-methyl/N-ethyl adjacent to an activating group) is 1. The summed E-state index contributed by atoms with van der Waals surface area (Å²) in [6, 6.07) is 8.96. The molecule has 0 aliphatic carbocycles. The van der Waals surface area contributed by atoms with Crippen molar-refractivity contribution in [2.45, 2.75) is 19.9 Å². The number of hydrogen-bond donors (Lipinski definition) is 1. The minimum Gasteiger partial charge on any atom is -0.355 e. The van der Waals surface area contributed by atoms with E-state index < -0.39 is 6.04 Å². The van der Waals surface area contributed by atoms with Crippen LogP contribution in [0, 0.1) is 6.92 Å². The Bertz CT molecular complexity index is 769. The molecule has 2 aromatic rings. The number of hydrogen-bond acceptors (Lipinski definition) is 6. The van der Waals surface area contributed by atoms with E-state index in [-0.39, 0.29) is 11.8 Å². The van der Waals surface area contributed by atoms with E-state index in [1.54, 1.807) is 11.6 Å². The minimum absolute atomic E-state index is 0.0174. The van der Waals surface area contributed by atoms with Crippen LogP contribution >= 0.6 is 0 Å². The van der Waals surface area contributed by atoms with E-state index in [0.717, 1.165) is 5.56 Å². The molecule has 2 amide bonds. The first kappa shape index (κ1) is 19.0. The number of rotatable bonds is 6. The van der Waals surface area contributed by atoms with Crippen molar-refractivity contribution in [1.82, 2.24) is 35.3 Å². The number of tetrazole rings is 1. The molecule has 1 atom stereocenters. The summed E-state index contributed by atoms with van der Waals surface area (Å²) in [5, 5.41) is 14.5. The number of nitrogens with zero attached hydrogens (tertiary/aromatic N) is 6. The average Bonchev–Trinajstić information content (AvgIpc) is 3.09. The fraction of sp³-hybridized carbons (Fsp3) is 0.500. The molecule has 9 heteroatoms. The topological polar surface area (TPSA) is 96.2 Å². The summed E-state index contributed by atoms with van der Waals surface area (Å²) in [7, 11) is 0. The Morgan fingerprint density at radius 2 is 1.85 bits per heavy atom. The first-order chi connectivity index (χ1) is 13.1. The van der Waals surface area contributed by atoms with E-state index in [1.807, 2.05) is 42.2 Å². The molecule has 1 aromatic carbocycles. The smallest absolute Gasteiger partial charge is 0.252 e. The van der Waals surface area contributed by atoms with Crippen LogP contribution in [0.2, 0.25) is 0 Å². The Balaban J connectivity index is 1.71. The predicted octanol–water partition coefficient (Wildman–Crippen LogP) is -0.149. The molecule has 9 nitrogen and oxygen atoms in total. The third-order valence-electron chi connectivity index (χ3n) is 4.68. The van der Waals surface area contributed by atoms with Gasteiger partial charge in [0.2, 0.25) is 5.91 Å². The van der Waals surface area contributed by atoms with Gasteiger partial charge in [0.05, 0.1) is 6.54 Å². The van der Waals surface area contributed by atoms with Crippen LogP contribution in [-0.4, -0.2) is 81.1 Å². The van der Waals surface area contributed by atoms with Gasteiger partial charge < -0.3 is 10.2 Å². The van der Waals surface area contributed by atoms with Gasteiger partial charge in [-0.2, -0.15) is 0 Å². The molecule has 3 rings (SSSR count). The molecule has 0 bridgehead atoms. The highest BCUT2D eigenvalue weighted by atomic mass is 16.2. The molecule has 27 heavy (non-hydrogen) atoms. The number of carbonyl (C=O) groups is 2. The largest absolute Gasteiger partial charge is 0.355 e. The molecule has 1 aromatic heterocycles. The molecular formula is C18H25N7O2. The fourth-order valence-electron chi connectivity index (χ4n) is 3.26. The molecular weight excluding hydrogens is 346 g/mol. The van der Waals surface area contributed by atoms with E-state index >= 15 is 0 Å². The van der Waals surface area contributed by atoms with Crippen molar-refractivity contribution in [3.8, 4) is 0 Å². The Morgan fingerprint density at radius 1 is 1.15 bits per heavy atom. The van der Waals surface area contributed by atoms with Crippen LogP contribution < -0.4 is 5.32 Å². The number of aryl methyl sites for hydroxylation is 1. The highest BCUT2D eigenvalue weighted by Crippen LogP contribution is 2.21. The van der Waals surface area contributed by atoms with E-state index in [2.05, 4.69) is 25.7 Å². The summed E-state index contributed by atoms with van der Waals surface area (Å²) in [6.45, 7) is 7.15. The van der Waals surface area contributed by atoms with Crippen molar-refractivity contribution in [2.24, 2.45) is 0 Å². The highest BCUT2D eigenvalue weighted by molar-refractivity contribution is 5.84. The summed E-state index contributed by atoms with van der Waals surface area (Å²) in [6.07, 6.45) is 0. The van der Waals surface area contributed by atoms with E-state index in [0.29, 0.717) is 45.1 Å². The van der Waals surface area contributed by atoms with E-state index in [1.165, 1.54) is 0 Å². The van der Waals surface area contributed by atoms with Crippen molar-refractivity contribution < 1.29 is 9.59 Å². The maximum atomic E-state index is 13.3. The van der Waals surface area contributed by atoms with Gasteiger partial charge >= 0.3 is 0 Å². The van der Waals surface area contributed by atoms with Gasteiger partial charge in [0.15, 0.2) is 6.04 Å². The first-order valence-corrected chi connectivity index (χ1v) is 9.17. The van der Waals surface area contributed by atoms with E-state index in [4.69, 9.17) is 0 Å². The van der Waals surface area contributed by atoms with Crippen LogP contribution in [0.15, 0.2) is 30.3 Å². The first-order valence-electron chi connectivity index (χ1n) is 9.17. The number of nitrogens with one attached hydrogen (secondary N) is 1. The summed E-state index contributed by atoms with van der Waals surface area (Å²) in [5.74, 6) is 0.574. The second kappa shape index (κ2) is 8.72. The summed E-state index contributed by atoms with van der Waals surface area (Å²) in [4.78, 5) is 28.9. The summed E-state index contributed by atoms with van der Waals surface area (Å²) < 4.78 is 1.57. The zero-order chi connectivity index (χ0) is 19.2. The molecule has 1 saturated heterocycles. The van der Waals surface area contributed by atoms with Gasteiger partial charge in [-0.3, -0.25) is 14.5 Å². The van der Waals surface area contributed by atoms with Crippen molar-refractivity contribution in [1.29, 1.82) is 0 Å². The zero-order valence-electron chi connectivity index (χ0n) is 15.7. The zero-order valence-corrected chi connectivity index (χ0v) is 15.7. The third-order valence-corrected chi connectivity index (χ3v) is 4.68. The van der Waals surface area contributed by atoms with Crippen LogP contribution in [0.3, 0.4) is 0 Å². The Kier molecular flexibility index (Phi) is 6.12. The van der Waals surface area contributed by atoms with E-state index in [9.17, 15) is 9.59 Å². The fourth-order valence-corrected chi connectivity index (χ4v) is 3.26. The molecule has 0 saturated carbocycles. The van der Waals surface area contributed by atoms with Crippen LogP contribution in [0.4, 0.5) is 0 Å². The second-order valence-corrected chi connectivity index (χ2v) is 6.54. The molecule has 1 unspecified atom stereocenters. The van der Waals surface area contributed by atoms with Crippen LogP contribution in [0.25, 0.3) is 0 Å². The van der Waals surface area contributed by atoms with Gasteiger partial charge in [0.1, 0.15) is 5.82 Å². The van der Waals surface area contributed by atoms with Crippen molar-refractivity contribution in [2.75, 3.05) is 39.3 Å². The predicted molar refractivity (Wildman–Crippen MR) is 98.8 cm³/mol. The lowest BCUT2D eigenvalue weighted by molar-refractivity contribution is -0.136. The molecule has 0 radical (unpaired) electrons. The lowest BCUT2D eigenvalue weighted by atomic mass is 10.1. The Morgan fingerprint density at radius 3 is 2.44 bits per heavy atom. The normalized spacial score (nSPS) is 16.1. The quantitative estimate of drug-likeness (QED) is 0.759. The number of aromatic nitrogens is 4. The Labute approximate surface area is 158 Å². The molecule has 1 N–H and O–H groups in total. The maximum Gasteiger partial charge on any atom is 0.252 e. The van der Waals surface area contributed by atoms with Crippen LogP contribution in [-0.2, 0) is 9.59 Å². The van der Waals surface area contributed by atoms with Crippen molar-refractivity contribution in [3.05, 3.63) is 41.7 Å². The third kappa shape index (κ3) is 4.48. The van der Waals surface area contributed by atoms with Crippen LogP contribution in [0.1, 0.15) is 24.4 Å². The van der Waals surface area contributed by atoms with Crippen LogP contribution in [0.5, 0.6) is 0 Å². The molecule has 1 aliphatic rings. The molecule has 1 fully saturated rings. The minimum atomic E-state index is -0.587. The lowest BCUT2D eigenvalue weighted by Crippen LogP contribution is -2.52. The average molecular weight is 371 g/mol. The maximum absolute atomic E-state index is 13.3. The number of piperazine rings is 1. The standard InChI is InChI=1S/C18H25N7O2/c1-3-19-16(26)13-23-9-11-24(12-10-23)18(27)17(15-7-5-4-6-8-15)25-14(2)20-21-22-25/h4-8,17H,3,9-13H2,1-2H3,(H,19,26). The number of benzene rings is 1. The van der Waals surface area contributed by atoms with Gasteiger partial charge in [-0.15, -0.1) is 5.10 Å². The van der Waals surface area contributed by atoms with Gasteiger partial charge in [-0.05, 0) is 29.8 Å². The number of amides is 2. The van der Waals surface area contributed by atoms with Gasteiger partial charge in [0.25, 0.3) is 5.91 Å².